The summed E-state index contributed by atoms with van der Waals surface area (Å²) in [6.07, 6.45) is 1.55. The van der Waals surface area contributed by atoms with Crippen LogP contribution in [0.3, 0.4) is 0 Å². The minimum absolute atomic E-state index is 0.0941. The highest BCUT2D eigenvalue weighted by molar-refractivity contribution is 5.94. The normalized spacial score (nSPS) is 10.1. The number of aromatic carboxylic acids is 1. The molecule has 104 valence electrons. The summed E-state index contributed by atoms with van der Waals surface area (Å²) < 4.78 is 9.45. The zero-order valence-electron chi connectivity index (χ0n) is 10.5. The first-order valence-electron chi connectivity index (χ1n) is 5.57. The quantitative estimate of drug-likeness (QED) is 0.826. The van der Waals surface area contributed by atoms with E-state index in [2.05, 4.69) is 20.0 Å². The van der Waals surface area contributed by atoms with Crippen molar-refractivity contribution < 1.29 is 24.0 Å². The van der Waals surface area contributed by atoms with Crippen LogP contribution in [0.25, 0.3) is 0 Å². The number of pyridine rings is 1. The maximum Gasteiger partial charge on any atom is 0.374 e. The number of carboxylic acids is 1. The highest BCUT2D eigenvalue weighted by Crippen LogP contribution is 2.09. The van der Waals surface area contributed by atoms with E-state index < -0.39 is 11.9 Å². The fourth-order valence-corrected chi connectivity index (χ4v) is 1.43. The molecule has 2 aromatic heterocycles. The Balaban J connectivity index is 1.98. The molecule has 8 heteroatoms. The molecule has 2 N–H and O–H groups in total. The second-order valence-electron chi connectivity index (χ2n) is 3.77. The molecule has 0 spiro atoms. The number of nitrogens with one attached hydrogen (secondary N) is 1. The summed E-state index contributed by atoms with van der Waals surface area (Å²) in [4.78, 5) is 26.3. The smallest absolute Gasteiger partial charge is 0.374 e. The molecule has 0 aromatic carbocycles. The topological polar surface area (TPSA) is 115 Å². The first kappa shape index (κ1) is 13.5. The summed E-state index contributed by atoms with van der Waals surface area (Å²) in [5.74, 6) is -1.76. The molecule has 0 saturated carbocycles. The van der Waals surface area contributed by atoms with Crippen molar-refractivity contribution in [2.75, 3.05) is 7.11 Å². The van der Waals surface area contributed by atoms with Crippen LogP contribution in [0.4, 0.5) is 0 Å². The van der Waals surface area contributed by atoms with Gasteiger partial charge in [0.1, 0.15) is 0 Å². The number of aromatic nitrogens is 2. The van der Waals surface area contributed by atoms with Gasteiger partial charge in [-0.05, 0) is 11.6 Å². The molecular weight excluding hydrogens is 266 g/mol. The largest absolute Gasteiger partial charge is 0.481 e. The van der Waals surface area contributed by atoms with E-state index in [4.69, 9.17) is 9.84 Å². The van der Waals surface area contributed by atoms with Gasteiger partial charge in [0.05, 0.1) is 7.11 Å². The average molecular weight is 277 g/mol. The van der Waals surface area contributed by atoms with E-state index in [1.807, 2.05) is 0 Å². The van der Waals surface area contributed by atoms with Gasteiger partial charge in [-0.2, -0.15) is 0 Å². The van der Waals surface area contributed by atoms with Gasteiger partial charge in [-0.3, -0.25) is 4.79 Å². The van der Waals surface area contributed by atoms with Crippen LogP contribution in [0.2, 0.25) is 0 Å². The van der Waals surface area contributed by atoms with Crippen molar-refractivity contribution in [2.24, 2.45) is 0 Å². The van der Waals surface area contributed by atoms with Crippen molar-refractivity contribution in [1.82, 2.24) is 15.5 Å². The summed E-state index contributed by atoms with van der Waals surface area (Å²) in [6.45, 7) is 0.229. The number of hydrogen-bond acceptors (Lipinski definition) is 6. The van der Waals surface area contributed by atoms with E-state index >= 15 is 0 Å². The molecule has 2 aromatic rings. The van der Waals surface area contributed by atoms with Crippen LogP contribution < -0.4 is 10.1 Å². The maximum absolute atomic E-state index is 11.7. The van der Waals surface area contributed by atoms with E-state index in [1.165, 1.54) is 7.11 Å². The average Bonchev–Trinajstić information content (AvgIpc) is 2.95. The Kier molecular flexibility index (Phi) is 3.94. The predicted octanol–water partition coefficient (Wildman–Crippen LogP) is 0.706. The highest BCUT2D eigenvalue weighted by Gasteiger charge is 2.16. The molecule has 20 heavy (non-hydrogen) atoms. The van der Waals surface area contributed by atoms with E-state index in [1.54, 1.807) is 18.3 Å². The summed E-state index contributed by atoms with van der Waals surface area (Å²) in [5, 5.41) is 14.6. The molecule has 0 atom stereocenters. The Morgan fingerprint density at radius 3 is 2.90 bits per heavy atom. The lowest BCUT2D eigenvalue weighted by atomic mass is 10.2. The van der Waals surface area contributed by atoms with Crippen molar-refractivity contribution in [3.63, 3.8) is 0 Å². The number of rotatable bonds is 5. The number of methoxy groups -OCH3 is 1. The second kappa shape index (κ2) is 5.83. The Hall–Kier alpha value is -2.90. The second-order valence-corrected chi connectivity index (χ2v) is 3.77. The number of carbonyl (C=O) groups excluding carboxylic acids is 1. The standard InChI is InChI=1S/C12H11N3O5/c1-19-10-4-7(2-3-13-10)6-14-11(16)8-5-9(12(17)18)20-15-8/h2-5H,6H2,1H3,(H,14,16)(H,17,18). The van der Waals surface area contributed by atoms with Gasteiger partial charge in [-0.1, -0.05) is 5.16 Å². The minimum Gasteiger partial charge on any atom is -0.481 e. The fourth-order valence-electron chi connectivity index (χ4n) is 1.43. The van der Waals surface area contributed by atoms with Gasteiger partial charge in [0.15, 0.2) is 5.69 Å². The van der Waals surface area contributed by atoms with Gasteiger partial charge >= 0.3 is 5.97 Å². The van der Waals surface area contributed by atoms with Crippen LogP contribution in [0.15, 0.2) is 28.9 Å². The van der Waals surface area contributed by atoms with Crippen LogP contribution in [0.1, 0.15) is 26.6 Å². The molecule has 0 radical (unpaired) electrons. The molecule has 1 amide bonds. The Morgan fingerprint density at radius 1 is 1.45 bits per heavy atom. The van der Waals surface area contributed by atoms with Crippen LogP contribution in [0, 0.1) is 0 Å². The molecule has 2 rings (SSSR count). The third-order valence-corrected chi connectivity index (χ3v) is 2.42. The Bertz CT molecular complexity index is 638. The number of amides is 1. The Morgan fingerprint density at radius 2 is 2.25 bits per heavy atom. The summed E-state index contributed by atoms with van der Waals surface area (Å²) in [7, 11) is 1.49. The zero-order valence-corrected chi connectivity index (χ0v) is 10.5. The molecule has 0 aliphatic carbocycles. The van der Waals surface area contributed by atoms with Crippen molar-refractivity contribution in [3.05, 3.63) is 41.4 Å². The summed E-state index contributed by atoms with van der Waals surface area (Å²) in [5.41, 5.74) is 0.690. The number of ether oxygens (including phenoxy) is 1. The predicted molar refractivity (Wildman–Crippen MR) is 65.4 cm³/mol. The van der Waals surface area contributed by atoms with E-state index in [9.17, 15) is 9.59 Å². The molecule has 0 unspecified atom stereocenters. The third kappa shape index (κ3) is 3.10. The van der Waals surface area contributed by atoms with E-state index in [-0.39, 0.29) is 18.0 Å². The van der Waals surface area contributed by atoms with E-state index in [0.717, 1.165) is 11.6 Å². The molecule has 8 nitrogen and oxygen atoms in total. The van der Waals surface area contributed by atoms with Crippen LogP contribution in [0.5, 0.6) is 5.88 Å². The zero-order chi connectivity index (χ0) is 14.5. The monoisotopic (exact) mass is 277 g/mol. The van der Waals surface area contributed by atoms with Gasteiger partial charge in [-0.15, -0.1) is 0 Å². The van der Waals surface area contributed by atoms with E-state index in [0.29, 0.717) is 5.88 Å². The van der Waals surface area contributed by atoms with Gasteiger partial charge in [0, 0.05) is 24.9 Å². The van der Waals surface area contributed by atoms with Crippen molar-refractivity contribution >= 4 is 11.9 Å². The molecule has 2 heterocycles. The maximum atomic E-state index is 11.7. The summed E-state index contributed by atoms with van der Waals surface area (Å²) >= 11 is 0. The highest BCUT2D eigenvalue weighted by atomic mass is 16.5. The molecule has 0 saturated heterocycles. The molecule has 0 aliphatic heterocycles. The van der Waals surface area contributed by atoms with Crippen LogP contribution in [-0.4, -0.2) is 34.2 Å². The molecule has 0 aliphatic rings. The number of nitrogens with zero attached hydrogens (tertiary/aromatic N) is 2. The minimum atomic E-state index is -1.28. The van der Waals surface area contributed by atoms with Crippen molar-refractivity contribution in [2.45, 2.75) is 6.54 Å². The van der Waals surface area contributed by atoms with Crippen molar-refractivity contribution in [1.29, 1.82) is 0 Å². The molecule has 0 bridgehead atoms. The lowest BCUT2D eigenvalue weighted by Crippen LogP contribution is -2.23. The molecule has 0 fully saturated rings. The van der Waals surface area contributed by atoms with Gasteiger partial charge in [-0.25, -0.2) is 9.78 Å². The SMILES string of the molecule is COc1cc(CNC(=O)c2cc(C(=O)O)on2)ccn1. The van der Waals surface area contributed by atoms with Crippen molar-refractivity contribution in [3.8, 4) is 5.88 Å². The van der Waals surface area contributed by atoms with Crippen LogP contribution >= 0.6 is 0 Å². The summed E-state index contributed by atoms with van der Waals surface area (Å²) in [6, 6.07) is 4.45. The first-order valence-corrected chi connectivity index (χ1v) is 5.57. The van der Waals surface area contributed by atoms with Crippen LogP contribution in [-0.2, 0) is 6.54 Å². The molecular formula is C12H11N3O5. The lowest BCUT2D eigenvalue weighted by molar-refractivity contribution is 0.0651. The third-order valence-electron chi connectivity index (χ3n) is 2.42. The lowest BCUT2D eigenvalue weighted by Gasteiger charge is -2.04. The Labute approximate surface area is 113 Å². The van der Waals surface area contributed by atoms with Gasteiger partial charge in [0.2, 0.25) is 11.6 Å². The first-order chi connectivity index (χ1) is 9.60. The van der Waals surface area contributed by atoms with Gasteiger partial charge in [0.25, 0.3) is 5.91 Å². The number of carbonyl (C=O) groups is 2. The number of hydrogen-bond donors (Lipinski definition) is 2. The fraction of sp³-hybridized carbons (Fsp3) is 0.167. The van der Waals surface area contributed by atoms with Gasteiger partial charge < -0.3 is 19.7 Å². The number of carboxylic acid groups (broad SMARTS) is 1.